The van der Waals surface area contributed by atoms with Gasteiger partial charge in [-0.25, -0.2) is 0 Å². The number of hydrogen-bond donors (Lipinski definition) is 2. The molecule has 3 nitrogen and oxygen atoms in total. The van der Waals surface area contributed by atoms with Crippen LogP contribution in [0, 0.1) is 5.41 Å². The first-order chi connectivity index (χ1) is 5.68. The van der Waals surface area contributed by atoms with E-state index in [4.69, 9.17) is 10.8 Å². The van der Waals surface area contributed by atoms with Crippen molar-refractivity contribution >= 4 is 5.91 Å². The fraction of sp³-hybridized carbons (Fsp3) is 0.889. The van der Waals surface area contributed by atoms with Gasteiger partial charge < -0.3 is 10.8 Å². The highest BCUT2D eigenvalue weighted by Gasteiger charge is 2.40. The normalized spacial score (nSPS) is 19.1. The van der Waals surface area contributed by atoms with Crippen LogP contribution in [0.1, 0.15) is 38.5 Å². The molecule has 0 aromatic rings. The van der Waals surface area contributed by atoms with Gasteiger partial charge in [0.25, 0.3) is 0 Å². The van der Waals surface area contributed by atoms with Crippen LogP contribution in [0.4, 0.5) is 0 Å². The summed E-state index contributed by atoms with van der Waals surface area (Å²) < 4.78 is 0. The molecule has 0 atom stereocenters. The van der Waals surface area contributed by atoms with Crippen molar-refractivity contribution in [2.24, 2.45) is 11.1 Å². The van der Waals surface area contributed by atoms with Crippen LogP contribution < -0.4 is 5.73 Å². The molecule has 0 aromatic heterocycles. The molecule has 12 heavy (non-hydrogen) atoms. The predicted octanol–water partition coefficient (Wildman–Crippen LogP) is 0.805. The first-order valence-corrected chi connectivity index (χ1v) is 4.58. The Kier molecular flexibility index (Phi) is 3.09. The summed E-state index contributed by atoms with van der Waals surface area (Å²) in [6, 6.07) is 0. The van der Waals surface area contributed by atoms with Gasteiger partial charge in [0.05, 0.1) is 0 Å². The van der Waals surface area contributed by atoms with Crippen molar-refractivity contribution in [2.45, 2.75) is 38.5 Å². The first-order valence-electron chi connectivity index (χ1n) is 4.58. The number of carbonyl (C=O) groups is 1. The molecule has 0 aliphatic heterocycles. The van der Waals surface area contributed by atoms with Gasteiger partial charge in [-0.1, -0.05) is 6.42 Å². The summed E-state index contributed by atoms with van der Waals surface area (Å²) in [7, 11) is 0. The van der Waals surface area contributed by atoms with Gasteiger partial charge in [-0.2, -0.15) is 0 Å². The zero-order valence-corrected chi connectivity index (χ0v) is 7.38. The molecule has 1 aliphatic carbocycles. The molecule has 0 aromatic carbocycles. The van der Waals surface area contributed by atoms with Gasteiger partial charge in [0.1, 0.15) is 0 Å². The van der Waals surface area contributed by atoms with Crippen molar-refractivity contribution in [3.05, 3.63) is 0 Å². The van der Waals surface area contributed by atoms with E-state index in [-0.39, 0.29) is 11.3 Å². The largest absolute Gasteiger partial charge is 0.396 e. The van der Waals surface area contributed by atoms with Crippen LogP contribution in [0.15, 0.2) is 0 Å². The molecule has 0 radical (unpaired) electrons. The number of unbranched alkanes of at least 4 members (excludes halogenated alkanes) is 1. The number of carbonyl (C=O) groups excluding carboxylic acids is 1. The van der Waals surface area contributed by atoms with Gasteiger partial charge in [0.2, 0.25) is 5.91 Å². The predicted molar refractivity (Wildman–Crippen MR) is 46.4 cm³/mol. The molecule has 3 heteroatoms. The standard InChI is InChI=1S/C9H17NO2/c10-8(12)3-1-2-4-9(7-11)5-6-9/h11H,1-7H2,(H2,10,12). The monoisotopic (exact) mass is 171 g/mol. The lowest BCUT2D eigenvalue weighted by molar-refractivity contribution is -0.118. The Morgan fingerprint density at radius 1 is 1.42 bits per heavy atom. The van der Waals surface area contributed by atoms with E-state index < -0.39 is 0 Å². The molecule has 70 valence electrons. The molecule has 0 spiro atoms. The second-order valence-corrected chi connectivity index (χ2v) is 3.83. The Morgan fingerprint density at radius 2 is 2.08 bits per heavy atom. The topological polar surface area (TPSA) is 63.3 Å². The van der Waals surface area contributed by atoms with E-state index in [0.717, 1.165) is 32.1 Å². The lowest BCUT2D eigenvalue weighted by Crippen LogP contribution is -2.11. The van der Waals surface area contributed by atoms with Crippen molar-refractivity contribution in [2.75, 3.05) is 6.61 Å². The maximum absolute atomic E-state index is 10.4. The van der Waals surface area contributed by atoms with Crippen molar-refractivity contribution in [1.82, 2.24) is 0 Å². The summed E-state index contributed by atoms with van der Waals surface area (Å²) >= 11 is 0. The van der Waals surface area contributed by atoms with Crippen molar-refractivity contribution in [3.63, 3.8) is 0 Å². The minimum Gasteiger partial charge on any atom is -0.396 e. The van der Waals surface area contributed by atoms with E-state index in [9.17, 15) is 4.79 Å². The summed E-state index contributed by atoms with van der Waals surface area (Å²) in [5, 5.41) is 8.97. The number of amides is 1. The van der Waals surface area contributed by atoms with Crippen molar-refractivity contribution in [3.8, 4) is 0 Å². The summed E-state index contributed by atoms with van der Waals surface area (Å²) in [5.41, 5.74) is 5.24. The van der Waals surface area contributed by atoms with Crippen LogP contribution in [0.3, 0.4) is 0 Å². The zero-order chi connectivity index (χ0) is 9.03. The highest BCUT2D eigenvalue weighted by Crippen LogP contribution is 2.49. The second-order valence-electron chi connectivity index (χ2n) is 3.83. The Morgan fingerprint density at radius 3 is 2.50 bits per heavy atom. The highest BCUT2D eigenvalue weighted by molar-refractivity contribution is 5.73. The molecule has 3 N–H and O–H groups in total. The fourth-order valence-electron chi connectivity index (χ4n) is 1.46. The maximum Gasteiger partial charge on any atom is 0.217 e. The average Bonchev–Trinajstić information content (AvgIpc) is 2.79. The third-order valence-electron chi connectivity index (χ3n) is 2.67. The van der Waals surface area contributed by atoms with Crippen LogP contribution in [0.5, 0.6) is 0 Å². The number of nitrogens with two attached hydrogens (primary N) is 1. The van der Waals surface area contributed by atoms with E-state index in [2.05, 4.69) is 0 Å². The van der Waals surface area contributed by atoms with E-state index in [1.807, 2.05) is 0 Å². The molecular weight excluding hydrogens is 154 g/mol. The van der Waals surface area contributed by atoms with Gasteiger partial charge >= 0.3 is 0 Å². The number of hydrogen-bond acceptors (Lipinski definition) is 2. The molecule has 0 saturated heterocycles. The van der Waals surface area contributed by atoms with Crippen LogP contribution in [-0.2, 0) is 4.79 Å². The van der Waals surface area contributed by atoms with Crippen molar-refractivity contribution in [1.29, 1.82) is 0 Å². The summed E-state index contributed by atoms with van der Waals surface area (Å²) in [6.07, 6.45) is 5.74. The summed E-state index contributed by atoms with van der Waals surface area (Å²) in [4.78, 5) is 10.4. The lowest BCUT2D eigenvalue weighted by atomic mass is 9.99. The van der Waals surface area contributed by atoms with Crippen LogP contribution in [0.2, 0.25) is 0 Å². The molecule has 0 bridgehead atoms. The SMILES string of the molecule is NC(=O)CCCCC1(CO)CC1. The molecule has 1 amide bonds. The van der Waals surface area contributed by atoms with Gasteiger partial charge in [-0.15, -0.1) is 0 Å². The van der Waals surface area contributed by atoms with E-state index in [0.29, 0.717) is 13.0 Å². The number of rotatable bonds is 6. The van der Waals surface area contributed by atoms with Crippen molar-refractivity contribution < 1.29 is 9.90 Å². The molecule has 1 saturated carbocycles. The van der Waals surface area contributed by atoms with Crippen LogP contribution >= 0.6 is 0 Å². The lowest BCUT2D eigenvalue weighted by Gasteiger charge is -2.09. The Bertz CT molecular complexity index is 164. The van der Waals surface area contributed by atoms with Crippen LogP contribution in [0.25, 0.3) is 0 Å². The highest BCUT2D eigenvalue weighted by atomic mass is 16.3. The molecule has 1 aliphatic rings. The quantitative estimate of drug-likeness (QED) is 0.581. The molecule has 0 unspecified atom stereocenters. The van der Waals surface area contributed by atoms with E-state index in [1.54, 1.807) is 0 Å². The third-order valence-corrected chi connectivity index (χ3v) is 2.67. The molecule has 0 heterocycles. The second kappa shape index (κ2) is 3.90. The smallest absolute Gasteiger partial charge is 0.217 e. The van der Waals surface area contributed by atoms with E-state index in [1.165, 1.54) is 0 Å². The average molecular weight is 171 g/mol. The van der Waals surface area contributed by atoms with Gasteiger partial charge in [-0.05, 0) is 31.1 Å². The maximum atomic E-state index is 10.4. The van der Waals surface area contributed by atoms with E-state index >= 15 is 0 Å². The summed E-state index contributed by atoms with van der Waals surface area (Å²) in [5.74, 6) is -0.219. The van der Waals surface area contributed by atoms with Gasteiger partial charge in [0, 0.05) is 13.0 Å². The Balaban J connectivity index is 1.99. The van der Waals surface area contributed by atoms with Crippen LogP contribution in [-0.4, -0.2) is 17.6 Å². The Labute approximate surface area is 72.9 Å². The number of primary amides is 1. The number of aliphatic hydroxyl groups is 1. The Hall–Kier alpha value is -0.570. The third kappa shape index (κ3) is 2.81. The first kappa shape index (κ1) is 9.52. The summed E-state index contributed by atoms with van der Waals surface area (Å²) in [6.45, 7) is 0.309. The molecule has 1 rings (SSSR count). The zero-order valence-electron chi connectivity index (χ0n) is 7.38. The molecular formula is C9H17NO2. The number of aliphatic hydroxyl groups excluding tert-OH is 1. The minimum absolute atomic E-state index is 0.219. The van der Waals surface area contributed by atoms with Gasteiger partial charge in [-0.3, -0.25) is 4.79 Å². The van der Waals surface area contributed by atoms with Gasteiger partial charge in [0.15, 0.2) is 0 Å². The molecule has 1 fully saturated rings. The fourth-order valence-corrected chi connectivity index (χ4v) is 1.46. The minimum atomic E-state index is -0.219.